The molecule has 132 valence electrons. The maximum Gasteiger partial charge on any atom is 0.138 e. The van der Waals surface area contributed by atoms with Gasteiger partial charge < -0.3 is 15.5 Å². The number of halogens is 1. The third-order valence-electron chi connectivity index (χ3n) is 4.56. The van der Waals surface area contributed by atoms with Gasteiger partial charge in [-0.3, -0.25) is 4.68 Å². The first kappa shape index (κ1) is 16.0. The second-order valence-corrected chi connectivity index (χ2v) is 7.95. The minimum atomic E-state index is -0.437. The zero-order valence-electron chi connectivity index (χ0n) is 13.9. The number of H-pyrrole nitrogens is 1. The van der Waals surface area contributed by atoms with Crippen molar-refractivity contribution in [3.63, 3.8) is 0 Å². The summed E-state index contributed by atoms with van der Waals surface area (Å²) in [6.45, 7) is 1.03. The van der Waals surface area contributed by atoms with Crippen molar-refractivity contribution in [2.45, 2.75) is 5.54 Å². The number of aromatic amines is 1. The topological polar surface area (TPSA) is 94.6 Å². The summed E-state index contributed by atoms with van der Waals surface area (Å²) < 4.78 is 7.02. The quantitative estimate of drug-likeness (QED) is 0.564. The van der Waals surface area contributed by atoms with Crippen LogP contribution in [0.15, 0.2) is 30.9 Å². The Hall–Kier alpha value is -2.26. The molecule has 0 atom stereocenters. The Balaban J connectivity index is 1.65. The van der Waals surface area contributed by atoms with Crippen molar-refractivity contribution in [2.24, 2.45) is 12.8 Å². The number of pyridine rings is 1. The lowest BCUT2D eigenvalue weighted by Gasteiger charge is -2.36. The predicted molar refractivity (Wildman–Crippen MR) is 101 cm³/mol. The molecule has 0 aliphatic carbocycles. The monoisotopic (exact) mass is 386 g/mol. The molecule has 1 saturated heterocycles. The molecule has 5 heterocycles. The summed E-state index contributed by atoms with van der Waals surface area (Å²) in [6, 6.07) is 2.03. The van der Waals surface area contributed by atoms with Gasteiger partial charge in [-0.2, -0.15) is 5.10 Å². The molecule has 0 aromatic carbocycles. The molecule has 0 amide bonds. The Morgan fingerprint density at radius 3 is 2.85 bits per heavy atom. The normalized spacial score (nSPS) is 16.1. The molecule has 1 aliphatic heterocycles. The van der Waals surface area contributed by atoms with Gasteiger partial charge in [0.1, 0.15) is 10.7 Å². The Morgan fingerprint density at radius 1 is 1.31 bits per heavy atom. The molecule has 0 saturated carbocycles. The maximum absolute atomic E-state index is 6.49. The number of hydrogen-bond acceptors (Lipinski definition) is 6. The van der Waals surface area contributed by atoms with E-state index in [2.05, 4.69) is 20.1 Å². The van der Waals surface area contributed by atoms with E-state index >= 15 is 0 Å². The summed E-state index contributed by atoms with van der Waals surface area (Å²) in [5.41, 5.74) is 9.44. The minimum Gasteiger partial charge on any atom is -0.377 e. The van der Waals surface area contributed by atoms with Crippen molar-refractivity contribution in [1.82, 2.24) is 24.7 Å². The zero-order valence-corrected chi connectivity index (χ0v) is 15.4. The van der Waals surface area contributed by atoms with Crippen LogP contribution in [-0.2, 0) is 17.3 Å². The smallest absolute Gasteiger partial charge is 0.138 e. The van der Waals surface area contributed by atoms with Crippen LogP contribution in [0, 0.1) is 0 Å². The summed E-state index contributed by atoms with van der Waals surface area (Å²) in [5, 5.41) is 6.53. The number of aromatic nitrogens is 5. The average Bonchev–Trinajstić information content (AvgIpc) is 3.31. The van der Waals surface area contributed by atoms with Crippen LogP contribution in [0.2, 0.25) is 5.02 Å². The number of nitrogens with two attached hydrogens (primary N) is 1. The summed E-state index contributed by atoms with van der Waals surface area (Å²) >= 11 is 8.03. The van der Waals surface area contributed by atoms with Gasteiger partial charge in [-0.25, -0.2) is 9.97 Å². The fraction of sp³-hybridized carbons (Fsp3) is 0.235. The Kier molecular flexibility index (Phi) is 3.45. The number of fused-ring (bicyclic) bond motifs is 1. The second-order valence-electron chi connectivity index (χ2n) is 6.51. The van der Waals surface area contributed by atoms with Crippen molar-refractivity contribution >= 4 is 34.0 Å². The highest BCUT2D eigenvalue weighted by atomic mass is 35.5. The Morgan fingerprint density at radius 2 is 2.15 bits per heavy atom. The van der Waals surface area contributed by atoms with E-state index in [0.29, 0.717) is 18.2 Å². The molecule has 3 N–H and O–H groups in total. The van der Waals surface area contributed by atoms with E-state index < -0.39 is 5.54 Å². The molecule has 9 heteroatoms. The van der Waals surface area contributed by atoms with Crippen LogP contribution in [0.25, 0.3) is 32.9 Å². The zero-order chi connectivity index (χ0) is 17.9. The first-order chi connectivity index (χ1) is 12.5. The predicted octanol–water partition coefficient (Wildman–Crippen LogP) is 2.92. The van der Waals surface area contributed by atoms with Crippen molar-refractivity contribution in [3.8, 4) is 21.8 Å². The lowest BCUT2D eigenvalue weighted by Crippen LogP contribution is -2.53. The van der Waals surface area contributed by atoms with Crippen LogP contribution < -0.4 is 5.73 Å². The largest absolute Gasteiger partial charge is 0.377 e. The number of rotatable bonds is 3. The van der Waals surface area contributed by atoms with Gasteiger partial charge in [0.15, 0.2) is 0 Å². The number of nitrogens with one attached hydrogen (secondary N) is 1. The SMILES string of the molecule is Cn1cc(-c2cc3c(-c4ncc(C5(N)COC5)s4)c(Cl)cnc3[nH]2)cn1. The van der Waals surface area contributed by atoms with Gasteiger partial charge >= 0.3 is 0 Å². The van der Waals surface area contributed by atoms with Gasteiger partial charge in [-0.15, -0.1) is 11.3 Å². The Labute approximate surface area is 157 Å². The maximum atomic E-state index is 6.49. The second kappa shape index (κ2) is 5.62. The summed E-state index contributed by atoms with van der Waals surface area (Å²) in [4.78, 5) is 13.3. The fourth-order valence-corrected chi connectivity index (χ4v) is 4.43. The number of ether oxygens (including phenoxy) is 1. The first-order valence-corrected chi connectivity index (χ1v) is 9.22. The molecule has 0 spiro atoms. The number of nitrogens with zero attached hydrogens (tertiary/aromatic N) is 4. The van der Waals surface area contributed by atoms with Gasteiger partial charge in [0.05, 0.1) is 35.7 Å². The van der Waals surface area contributed by atoms with Gasteiger partial charge in [-0.05, 0) is 6.07 Å². The molecule has 5 rings (SSSR count). The highest BCUT2D eigenvalue weighted by Crippen LogP contribution is 2.40. The number of hydrogen-bond donors (Lipinski definition) is 2. The van der Waals surface area contributed by atoms with Gasteiger partial charge in [0, 0.05) is 47.0 Å². The molecule has 0 bridgehead atoms. The van der Waals surface area contributed by atoms with E-state index in [0.717, 1.165) is 37.7 Å². The van der Waals surface area contributed by atoms with Gasteiger partial charge in [0.25, 0.3) is 0 Å². The lowest BCUT2D eigenvalue weighted by atomic mass is 9.98. The van der Waals surface area contributed by atoms with Crippen LogP contribution >= 0.6 is 22.9 Å². The van der Waals surface area contributed by atoms with Crippen molar-refractivity contribution in [1.29, 1.82) is 0 Å². The molecular formula is C17H15ClN6OS. The lowest BCUT2D eigenvalue weighted by molar-refractivity contribution is -0.0551. The van der Waals surface area contributed by atoms with Crippen LogP contribution in [0.4, 0.5) is 0 Å². The van der Waals surface area contributed by atoms with Crippen LogP contribution in [-0.4, -0.2) is 37.9 Å². The standard InChI is InChI=1S/C17H15ClN6OS/c1-24-6-9(3-22-24)12-2-10-14(11(18)4-20-15(10)23-12)16-21-5-13(26-16)17(19)7-25-8-17/h2-6H,7-8,19H2,1H3,(H,20,23). The Bertz CT molecular complexity index is 1130. The summed E-state index contributed by atoms with van der Waals surface area (Å²) in [6.07, 6.45) is 7.22. The fourth-order valence-electron chi connectivity index (χ4n) is 3.07. The summed E-state index contributed by atoms with van der Waals surface area (Å²) in [7, 11) is 1.89. The van der Waals surface area contributed by atoms with Crippen LogP contribution in [0.1, 0.15) is 4.88 Å². The highest BCUT2D eigenvalue weighted by Gasteiger charge is 2.38. The minimum absolute atomic E-state index is 0.437. The van der Waals surface area contributed by atoms with E-state index in [1.165, 1.54) is 0 Å². The molecular weight excluding hydrogens is 372 g/mol. The van der Waals surface area contributed by atoms with Crippen LogP contribution in [0.5, 0.6) is 0 Å². The van der Waals surface area contributed by atoms with E-state index in [1.807, 2.05) is 31.7 Å². The van der Waals surface area contributed by atoms with E-state index in [4.69, 9.17) is 22.1 Å². The molecule has 4 aromatic rings. The van der Waals surface area contributed by atoms with E-state index in [1.54, 1.807) is 22.2 Å². The van der Waals surface area contributed by atoms with Gasteiger partial charge in [0.2, 0.25) is 0 Å². The molecule has 26 heavy (non-hydrogen) atoms. The van der Waals surface area contributed by atoms with Gasteiger partial charge in [-0.1, -0.05) is 11.6 Å². The molecule has 0 unspecified atom stereocenters. The molecule has 7 nitrogen and oxygen atoms in total. The van der Waals surface area contributed by atoms with E-state index in [9.17, 15) is 0 Å². The molecule has 1 fully saturated rings. The third kappa shape index (κ3) is 2.38. The average molecular weight is 387 g/mol. The van der Waals surface area contributed by atoms with Crippen molar-refractivity contribution < 1.29 is 4.74 Å². The van der Waals surface area contributed by atoms with Crippen molar-refractivity contribution in [2.75, 3.05) is 13.2 Å². The van der Waals surface area contributed by atoms with Crippen molar-refractivity contribution in [3.05, 3.63) is 40.8 Å². The molecule has 0 radical (unpaired) electrons. The first-order valence-electron chi connectivity index (χ1n) is 8.03. The third-order valence-corrected chi connectivity index (χ3v) is 6.08. The summed E-state index contributed by atoms with van der Waals surface area (Å²) in [5.74, 6) is 0. The number of aryl methyl sites for hydroxylation is 1. The number of thiazole rings is 1. The molecule has 4 aromatic heterocycles. The molecule has 1 aliphatic rings. The van der Waals surface area contributed by atoms with Crippen LogP contribution in [0.3, 0.4) is 0 Å². The highest BCUT2D eigenvalue weighted by molar-refractivity contribution is 7.15. The van der Waals surface area contributed by atoms with E-state index in [-0.39, 0.29) is 0 Å².